The minimum atomic E-state index is -0.883. The van der Waals surface area contributed by atoms with Crippen LogP contribution in [0.3, 0.4) is 0 Å². The molecule has 138 valence electrons. The lowest BCUT2D eigenvalue weighted by Gasteiger charge is -2.09. The van der Waals surface area contributed by atoms with Crippen molar-refractivity contribution in [2.24, 2.45) is 0 Å². The molecule has 0 unspecified atom stereocenters. The van der Waals surface area contributed by atoms with E-state index >= 15 is 0 Å². The molecule has 0 atom stereocenters. The first kappa shape index (κ1) is 20.0. The molecule has 0 bridgehead atoms. The van der Waals surface area contributed by atoms with Crippen LogP contribution in [-0.2, 0) is 14.3 Å². The van der Waals surface area contributed by atoms with Crippen molar-refractivity contribution in [2.75, 3.05) is 19.0 Å². The second-order valence-corrected chi connectivity index (χ2v) is 5.89. The summed E-state index contributed by atoms with van der Waals surface area (Å²) in [4.78, 5) is 24.0. The fraction of sp³-hybridized carbons (Fsp3) is 0.150. The Bertz CT molecular complexity index is 915. The van der Waals surface area contributed by atoms with Crippen molar-refractivity contribution in [2.45, 2.75) is 6.92 Å². The number of nitrogens with one attached hydrogen (secondary N) is 1. The Morgan fingerprint density at radius 2 is 1.93 bits per heavy atom. The Hall–Kier alpha value is -3.30. The van der Waals surface area contributed by atoms with Crippen LogP contribution in [-0.4, -0.2) is 25.6 Å². The minimum absolute atomic E-state index is 0.216. The third-order valence-electron chi connectivity index (χ3n) is 3.64. The largest absolute Gasteiger partial charge is 0.497 e. The van der Waals surface area contributed by atoms with E-state index in [0.717, 1.165) is 0 Å². The SMILES string of the molecule is COc1ccc(/C=C(\C#N)C(=O)OCC(=O)Nc2cccc(Cl)c2C)cc1. The first-order valence-corrected chi connectivity index (χ1v) is 8.30. The predicted octanol–water partition coefficient (Wildman–Crippen LogP) is 3.75. The van der Waals surface area contributed by atoms with Crippen LogP contribution in [0, 0.1) is 18.3 Å². The fourth-order valence-corrected chi connectivity index (χ4v) is 2.32. The third-order valence-corrected chi connectivity index (χ3v) is 4.05. The molecule has 0 aliphatic rings. The van der Waals surface area contributed by atoms with Crippen LogP contribution in [0.1, 0.15) is 11.1 Å². The maximum Gasteiger partial charge on any atom is 0.349 e. The van der Waals surface area contributed by atoms with Gasteiger partial charge in [-0.15, -0.1) is 0 Å². The number of anilines is 1. The molecular formula is C20H17ClN2O4. The van der Waals surface area contributed by atoms with E-state index in [2.05, 4.69) is 5.32 Å². The number of ether oxygens (including phenoxy) is 2. The maximum absolute atomic E-state index is 12.0. The first-order valence-electron chi connectivity index (χ1n) is 7.92. The summed E-state index contributed by atoms with van der Waals surface area (Å²) in [6.07, 6.45) is 1.38. The van der Waals surface area contributed by atoms with Gasteiger partial charge in [-0.1, -0.05) is 29.8 Å². The summed E-state index contributed by atoms with van der Waals surface area (Å²) in [5.41, 5.74) is 1.64. The molecule has 2 aromatic rings. The topological polar surface area (TPSA) is 88.4 Å². The van der Waals surface area contributed by atoms with Crippen LogP contribution in [0.4, 0.5) is 5.69 Å². The number of carbonyl (C=O) groups excluding carboxylic acids is 2. The van der Waals surface area contributed by atoms with E-state index in [1.165, 1.54) is 6.08 Å². The van der Waals surface area contributed by atoms with E-state index in [9.17, 15) is 9.59 Å². The molecule has 6 nitrogen and oxygen atoms in total. The molecule has 0 heterocycles. The number of nitriles is 1. The number of hydrogen-bond acceptors (Lipinski definition) is 5. The second kappa shape index (κ2) is 9.41. The molecule has 7 heteroatoms. The minimum Gasteiger partial charge on any atom is -0.497 e. The van der Waals surface area contributed by atoms with E-state index in [-0.39, 0.29) is 5.57 Å². The van der Waals surface area contributed by atoms with Crippen molar-refractivity contribution in [3.63, 3.8) is 0 Å². The Kier molecular flexibility index (Phi) is 6.98. The Morgan fingerprint density at radius 3 is 2.56 bits per heavy atom. The molecule has 2 aromatic carbocycles. The van der Waals surface area contributed by atoms with Crippen molar-refractivity contribution in [1.29, 1.82) is 5.26 Å². The van der Waals surface area contributed by atoms with Gasteiger partial charge in [-0.05, 0) is 48.4 Å². The van der Waals surface area contributed by atoms with E-state index in [1.54, 1.807) is 62.6 Å². The van der Waals surface area contributed by atoms with Crippen molar-refractivity contribution in [3.8, 4) is 11.8 Å². The smallest absolute Gasteiger partial charge is 0.349 e. The summed E-state index contributed by atoms with van der Waals surface area (Å²) in [5.74, 6) is -0.761. The standard InChI is InChI=1S/C20H17ClN2O4/c1-13-17(21)4-3-5-18(13)23-19(24)12-27-20(25)15(11-22)10-14-6-8-16(26-2)9-7-14/h3-10H,12H2,1-2H3,(H,23,24)/b15-10+. The number of esters is 1. The molecule has 2 rings (SSSR count). The molecule has 0 saturated heterocycles. The van der Waals surface area contributed by atoms with E-state index in [0.29, 0.717) is 27.6 Å². The first-order chi connectivity index (χ1) is 12.9. The zero-order valence-electron chi connectivity index (χ0n) is 14.8. The zero-order chi connectivity index (χ0) is 19.8. The fourth-order valence-electron chi connectivity index (χ4n) is 2.14. The molecule has 0 aliphatic heterocycles. The average molecular weight is 385 g/mol. The zero-order valence-corrected chi connectivity index (χ0v) is 15.5. The summed E-state index contributed by atoms with van der Waals surface area (Å²) >= 11 is 5.99. The molecule has 27 heavy (non-hydrogen) atoms. The molecule has 0 aliphatic carbocycles. The van der Waals surface area contributed by atoms with Crippen LogP contribution >= 0.6 is 11.6 Å². The highest BCUT2D eigenvalue weighted by atomic mass is 35.5. The number of benzene rings is 2. The number of carbonyl (C=O) groups is 2. The Balaban J connectivity index is 1.98. The van der Waals surface area contributed by atoms with Gasteiger partial charge in [0.1, 0.15) is 17.4 Å². The highest BCUT2D eigenvalue weighted by Gasteiger charge is 2.14. The van der Waals surface area contributed by atoms with Gasteiger partial charge in [0.05, 0.1) is 7.11 Å². The maximum atomic E-state index is 12.0. The summed E-state index contributed by atoms with van der Waals surface area (Å²) in [5, 5.41) is 12.3. The number of halogens is 1. The van der Waals surface area contributed by atoms with E-state index < -0.39 is 18.5 Å². The molecule has 0 spiro atoms. The van der Waals surface area contributed by atoms with Gasteiger partial charge in [0.25, 0.3) is 5.91 Å². The quantitative estimate of drug-likeness (QED) is 0.465. The highest BCUT2D eigenvalue weighted by molar-refractivity contribution is 6.31. The van der Waals surface area contributed by atoms with Crippen LogP contribution in [0.2, 0.25) is 5.02 Å². The monoisotopic (exact) mass is 384 g/mol. The van der Waals surface area contributed by atoms with Gasteiger partial charge in [-0.25, -0.2) is 4.79 Å². The lowest BCUT2D eigenvalue weighted by Crippen LogP contribution is -2.21. The number of nitrogens with zero attached hydrogens (tertiary/aromatic N) is 1. The number of amides is 1. The Labute approximate surface area is 162 Å². The summed E-state index contributed by atoms with van der Waals surface area (Å²) in [6, 6.07) is 13.6. The van der Waals surface area contributed by atoms with E-state index in [1.807, 2.05) is 0 Å². The van der Waals surface area contributed by atoms with Gasteiger partial charge in [-0.3, -0.25) is 4.79 Å². The van der Waals surface area contributed by atoms with Gasteiger partial charge >= 0.3 is 5.97 Å². The molecule has 0 saturated carbocycles. The van der Waals surface area contributed by atoms with Crippen LogP contribution in [0.25, 0.3) is 6.08 Å². The van der Waals surface area contributed by atoms with Gasteiger partial charge in [0.2, 0.25) is 0 Å². The summed E-state index contributed by atoms with van der Waals surface area (Å²) < 4.78 is 9.96. The molecule has 1 N–H and O–H groups in total. The van der Waals surface area contributed by atoms with E-state index in [4.69, 9.17) is 26.3 Å². The number of rotatable bonds is 6. The summed E-state index contributed by atoms with van der Waals surface area (Å²) in [6.45, 7) is 1.24. The van der Waals surface area contributed by atoms with Gasteiger partial charge in [-0.2, -0.15) is 5.26 Å². The van der Waals surface area contributed by atoms with Crippen molar-refractivity contribution < 1.29 is 19.1 Å². The molecule has 0 aromatic heterocycles. The van der Waals surface area contributed by atoms with Crippen molar-refractivity contribution >= 4 is 35.2 Å². The molecule has 1 amide bonds. The molecule has 0 radical (unpaired) electrons. The van der Waals surface area contributed by atoms with Crippen LogP contribution < -0.4 is 10.1 Å². The van der Waals surface area contributed by atoms with Gasteiger partial charge < -0.3 is 14.8 Å². The van der Waals surface area contributed by atoms with Gasteiger partial charge in [0.15, 0.2) is 6.61 Å². The normalized spacial score (nSPS) is 10.7. The predicted molar refractivity (Wildman–Crippen MR) is 102 cm³/mol. The van der Waals surface area contributed by atoms with Crippen LogP contribution in [0.5, 0.6) is 5.75 Å². The lowest BCUT2D eigenvalue weighted by atomic mass is 10.1. The lowest BCUT2D eigenvalue weighted by molar-refractivity contribution is -0.142. The Morgan fingerprint density at radius 1 is 1.22 bits per heavy atom. The van der Waals surface area contributed by atoms with Crippen molar-refractivity contribution in [1.82, 2.24) is 0 Å². The number of methoxy groups -OCH3 is 1. The molecule has 0 fully saturated rings. The number of hydrogen-bond donors (Lipinski definition) is 1. The van der Waals surface area contributed by atoms with Crippen LogP contribution in [0.15, 0.2) is 48.0 Å². The van der Waals surface area contributed by atoms with Gasteiger partial charge in [0, 0.05) is 10.7 Å². The van der Waals surface area contributed by atoms with Crippen molar-refractivity contribution in [3.05, 3.63) is 64.2 Å². The average Bonchev–Trinajstić information content (AvgIpc) is 2.68. The third kappa shape index (κ3) is 5.59. The highest BCUT2D eigenvalue weighted by Crippen LogP contribution is 2.22. The second-order valence-electron chi connectivity index (χ2n) is 5.48. The summed E-state index contributed by atoms with van der Waals surface area (Å²) in [7, 11) is 1.54. The molecular weight excluding hydrogens is 368 g/mol.